The van der Waals surface area contributed by atoms with E-state index >= 15 is 0 Å². The number of hydrogen-bond acceptors (Lipinski definition) is 4. The van der Waals surface area contributed by atoms with Crippen molar-refractivity contribution in [3.8, 4) is 0 Å². The molecule has 1 aromatic heterocycles. The second kappa shape index (κ2) is 7.38. The highest BCUT2D eigenvalue weighted by Crippen LogP contribution is 2.30. The van der Waals surface area contributed by atoms with Gasteiger partial charge in [-0.25, -0.2) is 9.78 Å². The monoisotopic (exact) mass is 447 g/mol. The first kappa shape index (κ1) is 18.5. The highest BCUT2D eigenvalue weighted by molar-refractivity contribution is 9.11. The number of piperidine rings is 1. The lowest BCUT2D eigenvalue weighted by Gasteiger charge is -2.33. The van der Waals surface area contributed by atoms with Gasteiger partial charge in [-0.1, -0.05) is 0 Å². The zero-order valence-electron chi connectivity index (χ0n) is 13.7. The minimum absolute atomic E-state index is 0.223. The van der Waals surface area contributed by atoms with E-state index in [1.165, 1.54) is 0 Å². The maximum Gasteiger partial charge on any atom is 0.410 e. The van der Waals surface area contributed by atoms with Gasteiger partial charge in [0.1, 0.15) is 10.2 Å². The number of likely N-dealkylation sites (tertiary alicyclic amines) is 1. The van der Waals surface area contributed by atoms with Crippen LogP contribution in [0.5, 0.6) is 0 Å². The fraction of sp³-hybridized carbons (Fsp3) is 0.625. The molecule has 0 saturated carbocycles. The molecule has 0 spiro atoms. The van der Waals surface area contributed by atoms with Crippen LogP contribution >= 0.6 is 31.9 Å². The van der Waals surface area contributed by atoms with E-state index in [-0.39, 0.29) is 6.09 Å². The highest BCUT2D eigenvalue weighted by atomic mass is 79.9. The van der Waals surface area contributed by atoms with Crippen molar-refractivity contribution < 1.29 is 9.53 Å². The molecule has 7 heteroatoms. The van der Waals surface area contributed by atoms with Gasteiger partial charge in [-0.2, -0.15) is 0 Å². The molecule has 0 unspecified atom stereocenters. The second-order valence-electron chi connectivity index (χ2n) is 6.90. The Kier molecular flexibility index (Phi) is 5.94. The third kappa shape index (κ3) is 5.35. The summed E-state index contributed by atoms with van der Waals surface area (Å²) in [5, 5.41) is 0. The Morgan fingerprint density at radius 3 is 2.57 bits per heavy atom. The fourth-order valence-corrected chi connectivity index (χ4v) is 3.81. The van der Waals surface area contributed by atoms with Crippen LogP contribution in [-0.4, -0.2) is 34.7 Å². The van der Waals surface area contributed by atoms with Crippen LogP contribution in [0.4, 0.5) is 10.5 Å². The van der Waals surface area contributed by atoms with Gasteiger partial charge in [0.2, 0.25) is 0 Å². The first-order valence-electron chi connectivity index (χ1n) is 7.74. The van der Waals surface area contributed by atoms with Crippen LogP contribution in [0, 0.1) is 5.92 Å². The summed E-state index contributed by atoms with van der Waals surface area (Å²) in [6.07, 6.45) is 2.47. The summed E-state index contributed by atoms with van der Waals surface area (Å²) >= 11 is 6.86. The van der Waals surface area contributed by atoms with Gasteiger partial charge in [0, 0.05) is 17.6 Å². The predicted octanol–water partition coefficient (Wildman–Crippen LogP) is 4.38. The smallest absolute Gasteiger partial charge is 0.410 e. The molecule has 1 aliphatic rings. The van der Waals surface area contributed by atoms with Crippen molar-refractivity contribution in [2.45, 2.75) is 45.6 Å². The summed E-state index contributed by atoms with van der Waals surface area (Å²) in [6, 6.07) is 1.85. The lowest BCUT2D eigenvalue weighted by Crippen LogP contribution is -2.42. The number of anilines is 1. The Morgan fingerprint density at radius 1 is 1.39 bits per heavy atom. The minimum Gasteiger partial charge on any atom is -0.444 e. The van der Waals surface area contributed by atoms with E-state index in [0.717, 1.165) is 34.0 Å². The largest absolute Gasteiger partial charge is 0.444 e. The third-order valence-electron chi connectivity index (χ3n) is 3.80. The van der Waals surface area contributed by atoms with E-state index in [9.17, 15) is 4.79 Å². The summed E-state index contributed by atoms with van der Waals surface area (Å²) < 4.78 is 7.06. The first-order chi connectivity index (χ1) is 10.7. The van der Waals surface area contributed by atoms with Crippen LogP contribution in [0.3, 0.4) is 0 Å². The van der Waals surface area contributed by atoms with Crippen molar-refractivity contribution in [2.24, 2.45) is 5.92 Å². The summed E-state index contributed by atoms with van der Waals surface area (Å²) in [5.41, 5.74) is 7.25. The van der Waals surface area contributed by atoms with Gasteiger partial charge in [0.25, 0.3) is 0 Å². The standard InChI is InChI=1S/C16H23Br2N3O2/c1-16(2,3)23-15(22)21-6-4-10(5-7-21)8-12-14(19)11(17)9-13(18)20-12/h9-10H,4-8,19H2,1-3H3. The summed E-state index contributed by atoms with van der Waals surface area (Å²) in [7, 11) is 0. The van der Waals surface area contributed by atoms with Crippen LogP contribution in [-0.2, 0) is 11.2 Å². The number of amides is 1. The molecule has 0 aromatic carbocycles. The van der Waals surface area contributed by atoms with Gasteiger partial charge < -0.3 is 15.4 Å². The van der Waals surface area contributed by atoms with Crippen LogP contribution < -0.4 is 5.73 Å². The molecule has 1 amide bonds. The van der Waals surface area contributed by atoms with Crippen molar-refractivity contribution >= 4 is 43.6 Å². The first-order valence-corrected chi connectivity index (χ1v) is 9.32. The van der Waals surface area contributed by atoms with Crippen molar-refractivity contribution in [1.29, 1.82) is 0 Å². The Hall–Kier alpha value is -0.820. The van der Waals surface area contributed by atoms with Crippen molar-refractivity contribution in [1.82, 2.24) is 9.88 Å². The molecule has 5 nitrogen and oxygen atoms in total. The lowest BCUT2D eigenvalue weighted by molar-refractivity contribution is 0.0184. The zero-order valence-corrected chi connectivity index (χ0v) is 16.9. The van der Waals surface area contributed by atoms with E-state index in [1.807, 2.05) is 26.8 Å². The Labute approximate surface area is 154 Å². The number of ether oxygens (including phenoxy) is 1. The van der Waals surface area contributed by atoms with Gasteiger partial charge in [-0.05, 0) is 83.9 Å². The van der Waals surface area contributed by atoms with Crippen molar-refractivity contribution in [3.05, 3.63) is 20.8 Å². The number of nitrogens with two attached hydrogens (primary N) is 1. The van der Waals surface area contributed by atoms with Gasteiger partial charge >= 0.3 is 6.09 Å². The molecule has 0 radical (unpaired) electrons. The van der Waals surface area contributed by atoms with E-state index < -0.39 is 5.60 Å². The Balaban J connectivity index is 1.92. The molecular weight excluding hydrogens is 426 g/mol. The maximum absolute atomic E-state index is 12.1. The van der Waals surface area contributed by atoms with Gasteiger partial charge in [0.15, 0.2) is 0 Å². The number of aromatic nitrogens is 1. The summed E-state index contributed by atoms with van der Waals surface area (Å²) in [6.45, 7) is 7.09. The average Bonchev–Trinajstić information content (AvgIpc) is 2.43. The fourth-order valence-electron chi connectivity index (χ4n) is 2.62. The normalized spacial score (nSPS) is 16.5. The molecular formula is C16H23Br2N3O2. The second-order valence-corrected chi connectivity index (χ2v) is 8.57. The van der Waals surface area contributed by atoms with Gasteiger partial charge in [-0.3, -0.25) is 0 Å². The SMILES string of the molecule is CC(C)(C)OC(=O)N1CCC(Cc2nc(Br)cc(Br)c2N)CC1. The number of rotatable bonds is 2. The molecule has 1 saturated heterocycles. The minimum atomic E-state index is -0.450. The van der Waals surface area contributed by atoms with Crippen LogP contribution in [0.15, 0.2) is 15.1 Å². The zero-order chi connectivity index (χ0) is 17.2. The molecule has 1 aliphatic heterocycles. The predicted molar refractivity (Wildman–Crippen MR) is 98.3 cm³/mol. The van der Waals surface area contributed by atoms with Gasteiger partial charge in [0.05, 0.1) is 11.4 Å². The molecule has 2 N–H and O–H groups in total. The van der Waals surface area contributed by atoms with Crippen LogP contribution in [0.25, 0.3) is 0 Å². The number of halogens is 2. The Bertz CT molecular complexity index is 579. The topological polar surface area (TPSA) is 68.5 Å². The molecule has 0 atom stereocenters. The van der Waals surface area contributed by atoms with E-state index in [0.29, 0.717) is 24.7 Å². The molecule has 2 heterocycles. The molecule has 23 heavy (non-hydrogen) atoms. The van der Waals surface area contributed by atoms with Crippen molar-refractivity contribution in [3.63, 3.8) is 0 Å². The maximum atomic E-state index is 12.1. The number of carbonyl (C=O) groups is 1. The van der Waals surface area contributed by atoms with E-state index in [2.05, 4.69) is 36.8 Å². The molecule has 1 aromatic rings. The molecule has 1 fully saturated rings. The number of hydrogen-bond donors (Lipinski definition) is 1. The van der Waals surface area contributed by atoms with Crippen LogP contribution in [0.2, 0.25) is 0 Å². The number of pyridine rings is 1. The number of nitrogens with zero attached hydrogens (tertiary/aromatic N) is 2. The average molecular weight is 449 g/mol. The van der Waals surface area contributed by atoms with Crippen LogP contribution in [0.1, 0.15) is 39.3 Å². The van der Waals surface area contributed by atoms with Gasteiger partial charge in [-0.15, -0.1) is 0 Å². The number of carbonyl (C=O) groups excluding carboxylic acids is 1. The van der Waals surface area contributed by atoms with Crippen molar-refractivity contribution in [2.75, 3.05) is 18.8 Å². The molecule has 0 aliphatic carbocycles. The molecule has 2 rings (SSSR count). The number of nitrogen functional groups attached to an aromatic ring is 1. The molecule has 128 valence electrons. The van der Waals surface area contributed by atoms with E-state index in [4.69, 9.17) is 10.5 Å². The quantitative estimate of drug-likeness (QED) is 0.681. The third-order valence-corrected chi connectivity index (χ3v) is 4.87. The molecule has 0 bridgehead atoms. The summed E-state index contributed by atoms with van der Waals surface area (Å²) in [5.74, 6) is 0.477. The lowest BCUT2D eigenvalue weighted by atomic mass is 9.92. The highest BCUT2D eigenvalue weighted by Gasteiger charge is 2.27. The Morgan fingerprint density at radius 2 is 2.00 bits per heavy atom. The summed E-state index contributed by atoms with van der Waals surface area (Å²) in [4.78, 5) is 18.4. The van der Waals surface area contributed by atoms with E-state index in [1.54, 1.807) is 4.90 Å².